The number of carbonyl (C=O) groups excluding carboxylic acids is 3. The van der Waals surface area contributed by atoms with Gasteiger partial charge in [0.05, 0.1) is 0 Å². The Balaban J connectivity index is 2.14. The zero-order chi connectivity index (χ0) is 16.7. The van der Waals surface area contributed by atoms with Crippen LogP contribution in [-0.4, -0.2) is 17.7 Å². The molecule has 0 atom stereocenters. The third-order valence-electron chi connectivity index (χ3n) is 2.61. The van der Waals surface area contributed by atoms with Crippen molar-refractivity contribution in [3.05, 3.63) is 26.3 Å². The molecular weight excluding hydrogens is 299 g/mol. The molecule has 0 spiro atoms. The van der Waals surface area contributed by atoms with Gasteiger partial charge in [-0.25, -0.2) is 0 Å². The lowest BCUT2D eigenvalue weighted by molar-refractivity contribution is -0.128. The third kappa shape index (κ3) is 4.96. The minimum Gasteiger partial charge on any atom is -0.292 e. The number of rotatable bonds is 7. The molecule has 4 N–H and O–H groups in total. The minimum absolute atomic E-state index is 0.0391. The van der Waals surface area contributed by atoms with Crippen LogP contribution < -0.4 is 32.6 Å². The SMILES string of the molecule is CC(=O)NNC(=O)CCCCC(=O)NNc1c(F)c(=O)c1=O. The summed E-state index contributed by atoms with van der Waals surface area (Å²) in [6.45, 7) is 1.25. The van der Waals surface area contributed by atoms with Gasteiger partial charge in [0.2, 0.25) is 23.5 Å². The van der Waals surface area contributed by atoms with E-state index in [1.54, 1.807) is 0 Å². The Kier molecular flexibility index (Phi) is 6.17. The number of halogens is 1. The van der Waals surface area contributed by atoms with E-state index in [0.717, 1.165) is 0 Å². The second-order valence-corrected chi connectivity index (χ2v) is 4.46. The number of nitrogens with one attached hydrogen (secondary N) is 4. The summed E-state index contributed by atoms with van der Waals surface area (Å²) in [5.41, 5.74) is 5.61. The van der Waals surface area contributed by atoms with Gasteiger partial charge in [0.15, 0.2) is 0 Å². The second-order valence-electron chi connectivity index (χ2n) is 4.46. The van der Waals surface area contributed by atoms with Gasteiger partial charge in [-0.3, -0.25) is 45.7 Å². The maximum absolute atomic E-state index is 12.8. The number of carbonyl (C=O) groups is 3. The number of hydrazine groups is 2. The predicted octanol–water partition coefficient (Wildman–Crippen LogP) is -1.41. The molecule has 1 rings (SSSR count). The average Bonchev–Trinajstić information content (AvgIpc) is 2.49. The number of amides is 3. The van der Waals surface area contributed by atoms with Gasteiger partial charge in [-0.2, -0.15) is 4.39 Å². The van der Waals surface area contributed by atoms with E-state index in [1.165, 1.54) is 6.92 Å². The summed E-state index contributed by atoms with van der Waals surface area (Å²) in [4.78, 5) is 54.6. The fourth-order valence-corrected chi connectivity index (χ4v) is 1.46. The molecule has 9 nitrogen and oxygen atoms in total. The molecule has 0 aliphatic carbocycles. The van der Waals surface area contributed by atoms with E-state index < -0.39 is 34.2 Å². The first-order valence-electron chi connectivity index (χ1n) is 6.42. The maximum Gasteiger partial charge on any atom is 0.265 e. The second kappa shape index (κ2) is 7.86. The summed E-state index contributed by atoms with van der Waals surface area (Å²) in [5.74, 6) is -2.52. The molecule has 0 saturated heterocycles. The van der Waals surface area contributed by atoms with E-state index in [-0.39, 0.29) is 18.7 Å². The van der Waals surface area contributed by atoms with E-state index >= 15 is 0 Å². The molecule has 10 heteroatoms. The standard InChI is InChI=1S/C12H15FN4O5/c1-6(18)14-15-7(19)4-2-3-5-8(20)16-17-10-9(13)11(21)12(10)22/h17H,2-5H2,1H3,(H,14,18)(H,15,19)(H,16,20). The van der Waals surface area contributed by atoms with Crippen LogP contribution in [0.15, 0.2) is 9.59 Å². The lowest BCUT2D eigenvalue weighted by atomic mass is 10.2. The van der Waals surface area contributed by atoms with Gasteiger partial charge in [-0.15, -0.1) is 0 Å². The van der Waals surface area contributed by atoms with Crippen LogP contribution in [0.4, 0.5) is 10.1 Å². The Morgan fingerprint density at radius 1 is 0.909 bits per heavy atom. The molecule has 0 bridgehead atoms. The van der Waals surface area contributed by atoms with Crippen LogP contribution in [0.2, 0.25) is 0 Å². The molecule has 0 unspecified atom stereocenters. The van der Waals surface area contributed by atoms with Crippen molar-refractivity contribution in [1.82, 2.24) is 16.3 Å². The number of anilines is 1. The van der Waals surface area contributed by atoms with Crippen LogP contribution in [0.25, 0.3) is 0 Å². The fraction of sp³-hybridized carbons (Fsp3) is 0.417. The molecule has 0 aliphatic heterocycles. The smallest absolute Gasteiger partial charge is 0.265 e. The third-order valence-corrected chi connectivity index (χ3v) is 2.61. The number of hydrogen-bond donors (Lipinski definition) is 4. The molecule has 0 fully saturated rings. The Morgan fingerprint density at radius 2 is 1.45 bits per heavy atom. The highest BCUT2D eigenvalue weighted by Gasteiger charge is 2.20. The van der Waals surface area contributed by atoms with Crippen molar-refractivity contribution in [2.75, 3.05) is 5.43 Å². The van der Waals surface area contributed by atoms with E-state index in [0.29, 0.717) is 12.8 Å². The van der Waals surface area contributed by atoms with Crippen LogP contribution in [-0.2, 0) is 14.4 Å². The zero-order valence-corrected chi connectivity index (χ0v) is 11.7. The van der Waals surface area contributed by atoms with Crippen molar-refractivity contribution in [2.45, 2.75) is 32.6 Å². The highest BCUT2D eigenvalue weighted by molar-refractivity contribution is 5.80. The largest absolute Gasteiger partial charge is 0.292 e. The van der Waals surface area contributed by atoms with Gasteiger partial charge in [0.25, 0.3) is 10.9 Å². The van der Waals surface area contributed by atoms with Gasteiger partial charge in [-0.05, 0) is 12.8 Å². The Hall–Kier alpha value is -2.78. The summed E-state index contributed by atoms with van der Waals surface area (Å²) in [5, 5.41) is 0. The Morgan fingerprint density at radius 3 is 1.95 bits per heavy atom. The van der Waals surface area contributed by atoms with Crippen molar-refractivity contribution in [3.8, 4) is 0 Å². The fourth-order valence-electron chi connectivity index (χ4n) is 1.46. The van der Waals surface area contributed by atoms with Crippen molar-refractivity contribution < 1.29 is 18.8 Å². The van der Waals surface area contributed by atoms with Crippen LogP contribution in [0.3, 0.4) is 0 Å². The van der Waals surface area contributed by atoms with Crippen molar-refractivity contribution in [3.63, 3.8) is 0 Å². The van der Waals surface area contributed by atoms with Crippen LogP contribution in [0.1, 0.15) is 32.6 Å². The molecular formula is C12H15FN4O5. The Bertz CT molecular complexity index is 650. The highest BCUT2D eigenvalue weighted by Crippen LogP contribution is 2.03. The first-order chi connectivity index (χ1) is 10.3. The van der Waals surface area contributed by atoms with Crippen molar-refractivity contribution in [2.24, 2.45) is 0 Å². The van der Waals surface area contributed by atoms with Crippen LogP contribution >= 0.6 is 0 Å². The molecule has 3 amide bonds. The van der Waals surface area contributed by atoms with Gasteiger partial charge in [0, 0.05) is 19.8 Å². The van der Waals surface area contributed by atoms with Crippen molar-refractivity contribution >= 4 is 23.4 Å². The number of unbranched alkanes of at least 4 members (excludes halogenated alkanes) is 1. The van der Waals surface area contributed by atoms with Crippen LogP contribution in [0, 0.1) is 5.82 Å². The topological polar surface area (TPSA) is 133 Å². The van der Waals surface area contributed by atoms with E-state index in [4.69, 9.17) is 0 Å². The molecule has 0 aliphatic rings. The molecule has 0 saturated carbocycles. The monoisotopic (exact) mass is 314 g/mol. The quantitative estimate of drug-likeness (QED) is 0.278. The summed E-state index contributed by atoms with van der Waals surface area (Å²) < 4.78 is 12.8. The molecule has 0 heterocycles. The summed E-state index contributed by atoms with van der Waals surface area (Å²) in [7, 11) is 0. The van der Waals surface area contributed by atoms with Crippen LogP contribution in [0.5, 0.6) is 0 Å². The lowest BCUT2D eigenvalue weighted by Crippen LogP contribution is -2.42. The predicted molar refractivity (Wildman–Crippen MR) is 73.5 cm³/mol. The summed E-state index contributed by atoms with van der Waals surface area (Å²) >= 11 is 0. The van der Waals surface area contributed by atoms with E-state index in [1.807, 2.05) is 5.43 Å². The molecule has 1 aromatic rings. The van der Waals surface area contributed by atoms with Crippen molar-refractivity contribution in [1.29, 1.82) is 0 Å². The zero-order valence-electron chi connectivity index (χ0n) is 11.7. The van der Waals surface area contributed by atoms with Gasteiger partial charge >= 0.3 is 0 Å². The average molecular weight is 314 g/mol. The summed E-state index contributed by atoms with van der Waals surface area (Å²) in [6.07, 6.45) is 0.925. The molecule has 120 valence electrons. The normalized spacial score (nSPS) is 10.1. The molecule has 0 aromatic heterocycles. The van der Waals surface area contributed by atoms with E-state index in [2.05, 4.69) is 16.3 Å². The molecule has 1 aromatic carbocycles. The number of hydrogen-bond acceptors (Lipinski definition) is 6. The minimum atomic E-state index is -1.22. The van der Waals surface area contributed by atoms with E-state index in [9.17, 15) is 28.4 Å². The maximum atomic E-state index is 12.8. The van der Waals surface area contributed by atoms with Gasteiger partial charge in [0.1, 0.15) is 5.69 Å². The Labute approximate surface area is 123 Å². The molecule has 0 radical (unpaired) electrons. The first kappa shape index (κ1) is 17.3. The summed E-state index contributed by atoms with van der Waals surface area (Å²) in [6, 6.07) is 0. The van der Waals surface area contributed by atoms with Gasteiger partial charge < -0.3 is 0 Å². The first-order valence-corrected chi connectivity index (χ1v) is 6.42. The van der Waals surface area contributed by atoms with Gasteiger partial charge in [-0.1, -0.05) is 0 Å². The lowest BCUT2D eigenvalue weighted by Gasteiger charge is -2.09. The highest BCUT2D eigenvalue weighted by atomic mass is 19.1. The molecule has 22 heavy (non-hydrogen) atoms.